The third kappa shape index (κ3) is 19.3. The van der Waals surface area contributed by atoms with Gasteiger partial charge in [-0.25, -0.2) is 4.98 Å². The molecule has 2 heterocycles. The number of pyridine rings is 1. The lowest BCUT2D eigenvalue weighted by atomic mass is 10.1. The summed E-state index contributed by atoms with van der Waals surface area (Å²) in [4.78, 5) is 10.0. The van der Waals surface area contributed by atoms with E-state index < -0.39 is 0 Å². The van der Waals surface area contributed by atoms with Gasteiger partial charge in [0, 0.05) is 70.7 Å². The Morgan fingerprint density at radius 3 is 1.18 bits per heavy atom. The van der Waals surface area contributed by atoms with Crippen LogP contribution in [-0.2, 0) is 0 Å². The number of benzene rings is 5. The molecule has 0 aliphatic heterocycles. The monoisotopic (exact) mass is 1060 g/mol. The molecular weight excluding hydrogens is 991 g/mol. The van der Waals surface area contributed by atoms with Gasteiger partial charge < -0.3 is 18.9 Å². The van der Waals surface area contributed by atoms with Crippen molar-refractivity contribution in [1.82, 2.24) is 9.97 Å². The second kappa shape index (κ2) is 33.2. The van der Waals surface area contributed by atoms with Crippen molar-refractivity contribution in [3.8, 4) is 97.4 Å². The maximum Gasteiger partial charge on any atom is 0.136 e. The van der Waals surface area contributed by atoms with Gasteiger partial charge in [0.05, 0.1) is 65.2 Å². The van der Waals surface area contributed by atoms with Crippen molar-refractivity contribution in [3.05, 3.63) is 178 Å². The highest BCUT2D eigenvalue weighted by Crippen LogP contribution is 2.34. The van der Waals surface area contributed by atoms with E-state index in [1.54, 1.807) is 35.9 Å². The van der Waals surface area contributed by atoms with Crippen LogP contribution in [0.1, 0.15) is 180 Å². The Labute approximate surface area is 475 Å². The topological polar surface area (TPSA) is 86.5 Å². The van der Waals surface area contributed by atoms with Crippen LogP contribution in [0.4, 0.5) is 0 Å². The predicted molar refractivity (Wildman–Crippen MR) is 324 cm³/mol. The molecule has 2 aromatic heterocycles. The van der Waals surface area contributed by atoms with Gasteiger partial charge in [0.15, 0.2) is 0 Å². The SMILES string of the molecule is CCCCCCOc1cc(C#Cc2ccc(-c3cnc(-c4ccc(C#Cc5cc(OCCCCCC)c(C#Cc6cccc(C#N)c6)cc5OCCCCCC)cc4)s3)cc2)c(OCCCCCC)cc1C#Cc1ccncc1. The first-order chi connectivity index (χ1) is 39.0. The lowest BCUT2D eigenvalue weighted by molar-refractivity contribution is 0.295. The van der Waals surface area contributed by atoms with E-state index in [1.807, 2.05) is 66.9 Å². The molecule has 0 unspecified atom stereocenters. The van der Waals surface area contributed by atoms with Gasteiger partial charge in [0.1, 0.15) is 28.0 Å². The largest absolute Gasteiger partial charge is 0.492 e. The zero-order valence-electron chi connectivity index (χ0n) is 46.6. The molecule has 402 valence electrons. The van der Waals surface area contributed by atoms with Crippen LogP contribution in [0.3, 0.4) is 0 Å². The number of ether oxygens (including phenoxy) is 4. The van der Waals surface area contributed by atoms with Crippen LogP contribution in [0.2, 0.25) is 0 Å². The number of hydrogen-bond acceptors (Lipinski definition) is 8. The van der Waals surface area contributed by atoms with Crippen molar-refractivity contribution >= 4 is 11.3 Å². The van der Waals surface area contributed by atoms with E-state index in [1.165, 1.54) is 19.3 Å². The van der Waals surface area contributed by atoms with Gasteiger partial charge in [-0.3, -0.25) is 4.98 Å². The molecule has 0 saturated carbocycles. The maximum absolute atomic E-state index is 9.47. The maximum atomic E-state index is 9.47. The van der Waals surface area contributed by atoms with E-state index >= 15 is 0 Å². The van der Waals surface area contributed by atoms with Crippen LogP contribution in [0.5, 0.6) is 23.0 Å². The highest BCUT2D eigenvalue weighted by atomic mass is 32.1. The Morgan fingerprint density at radius 2 is 0.772 bits per heavy atom. The number of thiazole rings is 1. The second-order valence-corrected chi connectivity index (χ2v) is 20.5. The molecule has 5 aromatic carbocycles. The van der Waals surface area contributed by atoms with Crippen molar-refractivity contribution in [2.45, 2.75) is 130 Å². The van der Waals surface area contributed by atoms with Crippen molar-refractivity contribution in [2.75, 3.05) is 26.4 Å². The van der Waals surface area contributed by atoms with Crippen LogP contribution in [0.25, 0.3) is 21.0 Å². The van der Waals surface area contributed by atoms with Gasteiger partial charge in [0.2, 0.25) is 0 Å². The van der Waals surface area contributed by atoms with E-state index in [0.29, 0.717) is 55.0 Å². The molecule has 7 rings (SSSR count). The molecule has 0 spiro atoms. The summed E-state index contributed by atoms with van der Waals surface area (Å²) in [6, 6.07) is 37.8. The summed E-state index contributed by atoms with van der Waals surface area (Å²) in [7, 11) is 0. The third-order valence-electron chi connectivity index (χ3n) is 13.0. The molecule has 0 bridgehead atoms. The lowest BCUT2D eigenvalue weighted by Gasteiger charge is -2.14. The van der Waals surface area contributed by atoms with Gasteiger partial charge >= 0.3 is 0 Å². The van der Waals surface area contributed by atoms with E-state index in [2.05, 4.69) is 123 Å². The Kier molecular flexibility index (Phi) is 24.6. The number of hydrogen-bond donors (Lipinski definition) is 0. The molecule has 7 nitrogen and oxygen atoms in total. The molecule has 79 heavy (non-hydrogen) atoms. The highest BCUT2D eigenvalue weighted by molar-refractivity contribution is 7.18. The van der Waals surface area contributed by atoms with Crippen molar-refractivity contribution in [2.24, 2.45) is 0 Å². The second-order valence-electron chi connectivity index (χ2n) is 19.4. The fourth-order valence-corrected chi connectivity index (χ4v) is 9.37. The van der Waals surface area contributed by atoms with Crippen molar-refractivity contribution in [3.63, 3.8) is 0 Å². The summed E-state index contributed by atoms with van der Waals surface area (Å²) in [6.07, 6.45) is 23.1. The molecule has 8 heteroatoms. The minimum absolute atomic E-state index is 0.570. The van der Waals surface area contributed by atoms with E-state index in [-0.39, 0.29) is 0 Å². The first-order valence-corrected chi connectivity index (χ1v) is 29.3. The molecule has 0 aliphatic rings. The molecule has 7 aromatic rings. The number of rotatable bonds is 26. The van der Waals surface area contributed by atoms with E-state index in [9.17, 15) is 5.26 Å². The van der Waals surface area contributed by atoms with Crippen molar-refractivity contribution in [1.29, 1.82) is 5.26 Å². The van der Waals surface area contributed by atoms with E-state index in [0.717, 1.165) is 149 Å². The van der Waals surface area contributed by atoms with Gasteiger partial charge in [-0.2, -0.15) is 5.26 Å². The summed E-state index contributed by atoms with van der Waals surface area (Å²) < 4.78 is 25.7. The molecule has 0 atom stereocenters. The first kappa shape index (κ1) is 58.5. The summed E-state index contributed by atoms with van der Waals surface area (Å²) in [5, 5.41) is 10.4. The van der Waals surface area contributed by atoms with Gasteiger partial charge in [-0.15, -0.1) is 11.3 Å². The summed E-state index contributed by atoms with van der Waals surface area (Å²) in [6.45, 7) is 11.2. The molecule has 0 N–H and O–H groups in total. The third-order valence-corrected chi connectivity index (χ3v) is 14.1. The Morgan fingerprint density at radius 1 is 0.392 bits per heavy atom. The minimum Gasteiger partial charge on any atom is -0.492 e. The van der Waals surface area contributed by atoms with Gasteiger partial charge in [0.25, 0.3) is 0 Å². The minimum atomic E-state index is 0.570. The van der Waals surface area contributed by atoms with Gasteiger partial charge in [-0.1, -0.05) is 182 Å². The lowest BCUT2D eigenvalue weighted by Crippen LogP contribution is -2.03. The zero-order chi connectivity index (χ0) is 55.1. The van der Waals surface area contributed by atoms with Crippen LogP contribution in [-0.4, -0.2) is 36.4 Å². The summed E-state index contributed by atoms with van der Waals surface area (Å²) >= 11 is 1.65. The Hall–Kier alpha value is -8.19. The number of unbranched alkanes of at least 4 members (excludes halogenated alkanes) is 12. The number of aromatic nitrogens is 2. The normalized spacial score (nSPS) is 10.4. The zero-order valence-corrected chi connectivity index (χ0v) is 47.5. The van der Waals surface area contributed by atoms with Crippen molar-refractivity contribution < 1.29 is 18.9 Å². The molecular formula is C71H73N3O4S. The van der Waals surface area contributed by atoms with Gasteiger partial charge in [-0.05, 0) is 85.8 Å². The quantitative estimate of drug-likeness (QED) is 0.0394. The predicted octanol–water partition coefficient (Wildman–Crippen LogP) is 17.2. The molecule has 0 saturated heterocycles. The fraction of sp³-hybridized carbons (Fsp3) is 0.338. The van der Waals surface area contributed by atoms with Crippen LogP contribution in [0.15, 0.2) is 128 Å². The fourth-order valence-electron chi connectivity index (χ4n) is 8.45. The van der Waals surface area contributed by atoms with Crippen LogP contribution >= 0.6 is 11.3 Å². The summed E-state index contributed by atoms with van der Waals surface area (Å²) in [5.74, 6) is 29.7. The highest BCUT2D eigenvalue weighted by Gasteiger charge is 2.14. The standard InChI is InChI=1S/C71H73N3O4S/c1-5-9-13-17-44-75-66-51-64(38-30-57-40-42-73-43-41-57)67(76-45-18-14-10-6-2)49-62(66)36-28-55-24-32-60(33-25-55)70-54-74-71(79-70)61-34-26-56(27-35-61)29-37-63-50-69(78-47-20-16-12-8-4)65(52-68(63)77-46-19-15-11-7-3)39-31-58-22-21-23-59(48-58)53-72/h21-27,32-35,40-43,48-52,54H,5-20,44-47H2,1-4H3. The van der Waals surface area contributed by atoms with Crippen LogP contribution in [0, 0.1) is 58.7 Å². The smallest absolute Gasteiger partial charge is 0.136 e. The molecule has 0 aliphatic carbocycles. The number of nitriles is 1. The molecule has 0 fully saturated rings. The van der Waals surface area contributed by atoms with E-state index in [4.69, 9.17) is 23.9 Å². The Balaban J connectivity index is 1.09. The summed E-state index contributed by atoms with van der Waals surface area (Å²) in [5.41, 5.74) is 9.10. The van der Waals surface area contributed by atoms with Crippen LogP contribution < -0.4 is 18.9 Å². The average Bonchev–Trinajstić information content (AvgIpc) is 3.99. The molecule has 0 amide bonds. The Bertz CT molecular complexity index is 3330. The average molecular weight is 1060 g/mol. The first-order valence-electron chi connectivity index (χ1n) is 28.5. The number of nitrogens with zero attached hydrogens (tertiary/aromatic N) is 3. The molecule has 0 radical (unpaired) electrons.